The van der Waals surface area contributed by atoms with Crippen LogP contribution >= 0.6 is 11.6 Å². The molecular weight excluding hydrogens is 427 g/mol. The van der Waals surface area contributed by atoms with E-state index in [1.54, 1.807) is 0 Å². The van der Waals surface area contributed by atoms with Gasteiger partial charge in [-0.15, -0.1) is 0 Å². The minimum absolute atomic E-state index is 0.154. The number of hydrogen-bond donors (Lipinski definition) is 1. The molecule has 2 aliphatic heterocycles. The van der Waals surface area contributed by atoms with Crippen LogP contribution in [0.4, 0.5) is 24.5 Å². The summed E-state index contributed by atoms with van der Waals surface area (Å²) in [7, 11) is 0. The number of nitrogens with zero attached hydrogens (tertiary/aromatic N) is 4. The monoisotopic (exact) mass is 437 g/mol. The first-order chi connectivity index (χ1) is 14.3. The molecule has 154 valence electrons. The van der Waals surface area contributed by atoms with Gasteiger partial charge in [-0.25, -0.2) is 18.1 Å². The predicted octanol–water partition coefficient (Wildman–Crippen LogP) is 2.69. The third-order valence-electron chi connectivity index (χ3n) is 4.53. The number of carbonyl (C=O) groups excluding carboxylic acids is 3. The van der Waals surface area contributed by atoms with Crippen molar-refractivity contribution in [1.82, 2.24) is 5.01 Å². The third-order valence-corrected chi connectivity index (χ3v) is 4.82. The van der Waals surface area contributed by atoms with E-state index in [9.17, 15) is 27.6 Å². The van der Waals surface area contributed by atoms with E-state index in [1.165, 1.54) is 12.1 Å². The van der Waals surface area contributed by atoms with E-state index in [2.05, 4.69) is 15.7 Å². The van der Waals surface area contributed by atoms with Crippen LogP contribution in [-0.4, -0.2) is 41.4 Å². The third kappa shape index (κ3) is 3.36. The highest BCUT2D eigenvalue weighted by molar-refractivity contribution is 6.31. The average molecular weight is 438 g/mol. The standard InChI is InChI=1S/C18H11ClF3N5O3/c19-10-5-8(1-3-11(10)20)23-14(28)7-26-16-15(24-25-26)17(29)27(18(16)30)9-2-4-12(21)13(22)6-9/h1-6,15-16H,7H2,(H,23,28)/t15-,16-/m0/s1. The summed E-state index contributed by atoms with van der Waals surface area (Å²) in [5.74, 6) is -5.17. The van der Waals surface area contributed by atoms with Gasteiger partial charge in [0.15, 0.2) is 23.7 Å². The van der Waals surface area contributed by atoms with Crippen molar-refractivity contribution >= 4 is 40.7 Å². The van der Waals surface area contributed by atoms with Crippen LogP contribution in [0.2, 0.25) is 5.02 Å². The van der Waals surface area contributed by atoms with Gasteiger partial charge in [-0.2, -0.15) is 5.11 Å². The highest BCUT2D eigenvalue weighted by atomic mass is 35.5. The number of halogens is 4. The zero-order chi connectivity index (χ0) is 21.6. The van der Waals surface area contributed by atoms with E-state index in [1.807, 2.05) is 0 Å². The molecule has 1 saturated heterocycles. The fourth-order valence-electron chi connectivity index (χ4n) is 3.15. The Hall–Kier alpha value is -3.47. The fourth-order valence-corrected chi connectivity index (χ4v) is 3.33. The molecule has 3 amide bonds. The quantitative estimate of drug-likeness (QED) is 0.744. The van der Waals surface area contributed by atoms with E-state index >= 15 is 0 Å². The molecule has 4 rings (SSSR count). The lowest BCUT2D eigenvalue weighted by Gasteiger charge is -2.20. The van der Waals surface area contributed by atoms with Crippen LogP contribution in [0.15, 0.2) is 46.7 Å². The van der Waals surface area contributed by atoms with Crippen LogP contribution in [0.5, 0.6) is 0 Å². The number of anilines is 2. The van der Waals surface area contributed by atoms with Gasteiger partial charge in [0.25, 0.3) is 11.8 Å². The molecular formula is C18H11ClF3N5O3. The topological polar surface area (TPSA) is 94.4 Å². The van der Waals surface area contributed by atoms with Crippen LogP contribution in [0.25, 0.3) is 0 Å². The van der Waals surface area contributed by atoms with Crippen molar-refractivity contribution in [1.29, 1.82) is 0 Å². The molecule has 1 N–H and O–H groups in total. The number of imide groups is 1. The Balaban J connectivity index is 1.49. The van der Waals surface area contributed by atoms with E-state index < -0.39 is 53.8 Å². The highest BCUT2D eigenvalue weighted by Gasteiger charge is 2.55. The number of carbonyl (C=O) groups is 3. The molecule has 12 heteroatoms. The minimum atomic E-state index is -1.22. The van der Waals surface area contributed by atoms with Gasteiger partial charge in [-0.05, 0) is 30.3 Å². The number of nitrogens with one attached hydrogen (secondary N) is 1. The number of hydrogen-bond acceptors (Lipinski definition) is 6. The van der Waals surface area contributed by atoms with Crippen molar-refractivity contribution in [3.8, 4) is 0 Å². The zero-order valence-electron chi connectivity index (χ0n) is 14.9. The summed E-state index contributed by atoms with van der Waals surface area (Å²) in [4.78, 5) is 38.3. The van der Waals surface area contributed by atoms with Gasteiger partial charge in [-0.3, -0.25) is 19.4 Å². The Labute approximate surface area is 171 Å². The molecule has 0 radical (unpaired) electrons. The maximum absolute atomic E-state index is 13.5. The summed E-state index contributed by atoms with van der Waals surface area (Å²) in [5.41, 5.74) is 0.0650. The van der Waals surface area contributed by atoms with Gasteiger partial charge in [-0.1, -0.05) is 16.8 Å². The van der Waals surface area contributed by atoms with Gasteiger partial charge in [0.1, 0.15) is 12.4 Å². The number of amides is 3. The molecule has 0 aliphatic carbocycles. The van der Waals surface area contributed by atoms with Crippen LogP contribution in [0.3, 0.4) is 0 Å². The van der Waals surface area contributed by atoms with E-state index in [-0.39, 0.29) is 16.4 Å². The van der Waals surface area contributed by atoms with Crippen LogP contribution < -0.4 is 10.2 Å². The van der Waals surface area contributed by atoms with Crippen molar-refractivity contribution in [3.63, 3.8) is 0 Å². The zero-order valence-corrected chi connectivity index (χ0v) is 15.6. The second-order valence-electron chi connectivity index (χ2n) is 6.48. The van der Waals surface area contributed by atoms with Crippen LogP contribution in [0.1, 0.15) is 0 Å². The first kappa shape index (κ1) is 19.8. The van der Waals surface area contributed by atoms with Gasteiger partial charge in [0, 0.05) is 11.8 Å². The molecule has 2 atom stereocenters. The van der Waals surface area contributed by atoms with Crippen molar-refractivity contribution in [3.05, 3.63) is 58.9 Å². The normalized spacial score (nSPS) is 20.1. The van der Waals surface area contributed by atoms with Gasteiger partial charge in [0.2, 0.25) is 5.91 Å². The number of rotatable bonds is 4. The molecule has 2 heterocycles. The van der Waals surface area contributed by atoms with Gasteiger partial charge >= 0.3 is 0 Å². The first-order valence-corrected chi connectivity index (χ1v) is 8.89. The average Bonchev–Trinajstić information content (AvgIpc) is 3.21. The minimum Gasteiger partial charge on any atom is -0.324 e. The molecule has 2 aromatic carbocycles. The van der Waals surface area contributed by atoms with Gasteiger partial charge < -0.3 is 5.32 Å². The Morgan fingerprint density at radius 2 is 1.77 bits per heavy atom. The molecule has 2 aromatic rings. The van der Waals surface area contributed by atoms with Crippen LogP contribution in [0, 0.1) is 17.5 Å². The molecule has 1 fully saturated rings. The Morgan fingerprint density at radius 1 is 1.03 bits per heavy atom. The maximum Gasteiger partial charge on any atom is 0.263 e. The lowest BCUT2D eigenvalue weighted by atomic mass is 10.1. The summed E-state index contributed by atoms with van der Waals surface area (Å²) in [6, 6.07) is 3.76. The molecule has 0 bridgehead atoms. The van der Waals surface area contributed by atoms with Crippen molar-refractivity contribution < 1.29 is 27.6 Å². The lowest BCUT2D eigenvalue weighted by Crippen LogP contribution is -2.43. The van der Waals surface area contributed by atoms with E-state index in [0.29, 0.717) is 4.90 Å². The van der Waals surface area contributed by atoms with E-state index in [4.69, 9.17) is 11.6 Å². The summed E-state index contributed by atoms with van der Waals surface area (Å²) in [6.45, 7) is -0.440. The predicted molar refractivity (Wildman–Crippen MR) is 98.0 cm³/mol. The number of benzene rings is 2. The first-order valence-electron chi connectivity index (χ1n) is 8.51. The Bertz CT molecular complexity index is 1110. The molecule has 2 aliphatic rings. The molecule has 8 nitrogen and oxygen atoms in total. The molecule has 30 heavy (non-hydrogen) atoms. The maximum atomic E-state index is 13.5. The number of fused-ring (bicyclic) bond motifs is 1. The lowest BCUT2D eigenvalue weighted by molar-refractivity contribution is -0.123. The largest absolute Gasteiger partial charge is 0.324 e. The van der Waals surface area contributed by atoms with Crippen molar-refractivity contribution in [2.75, 3.05) is 16.8 Å². The van der Waals surface area contributed by atoms with E-state index in [0.717, 1.165) is 29.3 Å². The van der Waals surface area contributed by atoms with Crippen molar-refractivity contribution in [2.45, 2.75) is 12.1 Å². The Kier molecular flexibility index (Phi) is 4.90. The Morgan fingerprint density at radius 3 is 2.47 bits per heavy atom. The smallest absolute Gasteiger partial charge is 0.263 e. The highest BCUT2D eigenvalue weighted by Crippen LogP contribution is 2.32. The summed E-state index contributed by atoms with van der Waals surface area (Å²) in [6.07, 6.45) is 0. The summed E-state index contributed by atoms with van der Waals surface area (Å²) < 4.78 is 39.9. The fraction of sp³-hybridized carbons (Fsp3) is 0.167. The molecule has 0 unspecified atom stereocenters. The second-order valence-corrected chi connectivity index (χ2v) is 6.89. The summed E-state index contributed by atoms with van der Waals surface area (Å²) >= 11 is 5.66. The SMILES string of the molecule is O=C(CN1N=N[C@@H]2C(=O)N(c3ccc(F)c(F)c3)C(=O)[C@H]21)Nc1ccc(F)c(Cl)c1. The summed E-state index contributed by atoms with van der Waals surface area (Å²) in [5, 5.41) is 10.7. The van der Waals surface area contributed by atoms with Crippen molar-refractivity contribution in [2.24, 2.45) is 10.3 Å². The second kappa shape index (κ2) is 7.41. The van der Waals surface area contributed by atoms with Gasteiger partial charge in [0.05, 0.1) is 10.7 Å². The molecule has 0 aromatic heterocycles. The van der Waals surface area contributed by atoms with Crippen LogP contribution in [-0.2, 0) is 14.4 Å². The molecule has 0 saturated carbocycles. The molecule has 0 spiro atoms.